The maximum Gasteiger partial charge on any atom is 0.387 e. The first kappa shape index (κ1) is 17.7. The number of nitrogens with one attached hydrogen (secondary N) is 2. The summed E-state index contributed by atoms with van der Waals surface area (Å²) in [7, 11) is 0. The molecule has 0 radical (unpaired) electrons. The van der Waals surface area contributed by atoms with E-state index in [2.05, 4.69) is 20.5 Å². The van der Waals surface area contributed by atoms with Crippen LogP contribution in [0.25, 0.3) is 0 Å². The van der Waals surface area contributed by atoms with E-state index < -0.39 is 12.6 Å². The fourth-order valence-electron chi connectivity index (χ4n) is 1.99. The van der Waals surface area contributed by atoms with Gasteiger partial charge in [-0.3, -0.25) is 0 Å². The van der Waals surface area contributed by atoms with Crippen LogP contribution in [0.15, 0.2) is 28.8 Å². The molecule has 0 saturated carbocycles. The van der Waals surface area contributed by atoms with Crippen LogP contribution in [0.1, 0.15) is 36.8 Å². The van der Waals surface area contributed by atoms with Gasteiger partial charge in [0, 0.05) is 17.3 Å². The molecule has 0 aliphatic carbocycles. The molecule has 1 heterocycles. The minimum atomic E-state index is -2.92. The van der Waals surface area contributed by atoms with Crippen molar-refractivity contribution < 1.29 is 22.8 Å². The Labute approximate surface area is 138 Å². The van der Waals surface area contributed by atoms with E-state index in [1.807, 2.05) is 13.8 Å². The van der Waals surface area contributed by atoms with Gasteiger partial charge < -0.3 is 19.9 Å². The summed E-state index contributed by atoms with van der Waals surface area (Å²) in [5, 5.41) is 9.10. The quantitative estimate of drug-likeness (QED) is 0.833. The minimum absolute atomic E-state index is 0.0135. The molecule has 1 aromatic heterocycles. The summed E-state index contributed by atoms with van der Waals surface area (Å²) in [4.78, 5) is 11.9. The van der Waals surface area contributed by atoms with Crippen molar-refractivity contribution in [2.45, 2.75) is 39.8 Å². The number of amides is 2. The van der Waals surface area contributed by atoms with Crippen LogP contribution in [-0.2, 0) is 6.54 Å². The molecule has 24 heavy (non-hydrogen) atoms. The average molecular weight is 339 g/mol. The third kappa shape index (κ3) is 4.68. The van der Waals surface area contributed by atoms with Gasteiger partial charge in [0.15, 0.2) is 5.76 Å². The minimum Gasteiger partial charge on any atom is -0.434 e. The smallest absolute Gasteiger partial charge is 0.387 e. The fourth-order valence-corrected chi connectivity index (χ4v) is 1.99. The highest BCUT2D eigenvalue weighted by Crippen LogP contribution is 2.26. The van der Waals surface area contributed by atoms with Gasteiger partial charge in [-0.25, -0.2) is 4.79 Å². The number of rotatable bonds is 6. The number of benzene rings is 1. The largest absolute Gasteiger partial charge is 0.434 e. The molecule has 0 aliphatic rings. The Hall–Kier alpha value is -2.64. The van der Waals surface area contributed by atoms with E-state index in [9.17, 15) is 13.6 Å². The Morgan fingerprint density at radius 3 is 2.75 bits per heavy atom. The zero-order valence-electron chi connectivity index (χ0n) is 13.6. The second kappa shape index (κ2) is 7.76. The maximum atomic E-state index is 12.3. The van der Waals surface area contributed by atoms with E-state index in [1.165, 1.54) is 12.1 Å². The molecule has 0 unspecified atom stereocenters. The maximum absolute atomic E-state index is 12.3. The molecular weight excluding hydrogens is 320 g/mol. The summed E-state index contributed by atoms with van der Waals surface area (Å²) in [6, 6.07) is 5.80. The van der Waals surface area contributed by atoms with Crippen molar-refractivity contribution in [3.63, 3.8) is 0 Å². The van der Waals surface area contributed by atoms with Gasteiger partial charge in [0.05, 0.1) is 12.2 Å². The molecule has 0 atom stereocenters. The first-order valence-corrected chi connectivity index (χ1v) is 7.41. The van der Waals surface area contributed by atoms with E-state index in [1.54, 1.807) is 19.1 Å². The van der Waals surface area contributed by atoms with Crippen LogP contribution in [0.2, 0.25) is 0 Å². The highest BCUT2D eigenvalue weighted by Gasteiger charge is 2.13. The van der Waals surface area contributed by atoms with Crippen molar-refractivity contribution >= 4 is 11.7 Å². The van der Waals surface area contributed by atoms with Crippen molar-refractivity contribution in [2.24, 2.45) is 0 Å². The molecule has 0 bridgehead atoms. The third-order valence-corrected chi connectivity index (χ3v) is 3.34. The summed E-state index contributed by atoms with van der Waals surface area (Å²) >= 11 is 0. The number of urea groups is 1. The summed E-state index contributed by atoms with van der Waals surface area (Å²) in [6.45, 7) is 2.79. The number of anilines is 1. The summed E-state index contributed by atoms with van der Waals surface area (Å²) < 4.78 is 34.2. The van der Waals surface area contributed by atoms with Crippen molar-refractivity contribution in [1.29, 1.82) is 0 Å². The van der Waals surface area contributed by atoms with Gasteiger partial charge in [-0.05, 0) is 25.0 Å². The number of nitrogens with zero attached hydrogens (tertiary/aromatic N) is 1. The standard InChI is InChI=1S/C16H19F2N3O3/c1-9(2)13-7-11(24-21-13)8-19-16(22)20-12-5-4-6-14(10(12)3)23-15(17)18/h4-7,9,15H,8H2,1-3H3,(H2,19,20,22). The number of ether oxygens (including phenoxy) is 1. The highest BCUT2D eigenvalue weighted by molar-refractivity contribution is 5.90. The Balaban J connectivity index is 1.94. The van der Waals surface area contributed by atoms with Gasteiger partial charge in [0.25, 0.3) is 0 Å². The monoisotopic (exact) mass is 339 g/mol. The lowest BCUT2D eigenvalue weighted by Gasteiger charge is -2.13. The van der Waals surface area contributed by atoms with E-state index >= 15 is 0 Å². The topological polar surface area (TPSA) is 76.4 Å². The molecule has 2 N–H and O–H groups in total. The molecule has 130 valence electrons. The Morgan fingerprint density at radius 1 is 1.38 bits per heavy atom. The number of aromatic nitrogens is 1. The predicted molar refractivity (Wildman–Crippen MR) is 84.3 cm³/mol. The predicted octanol–water partition coefficient (Wildman–Crippen LogP) is 4.03. The molecule has 2 aromatic rings. The average Bonchev–Trinajstić information content (AvgIpc) is 2.98. The van der Waals surface area contributed by atoms with E-state index in [4.69, 9.17) is 4.52 Å². The Kier molecular flexibility index (Phi) is 5.73. The van der Waals surface area contributed by atoms with Crippen LogP contribution in [0, 0.1) is 6.92 Å². The van der Waals surface area contributed by atoms with Crippen molar-refractivity contribution in [3.8, 4) is 5.75 Å². The molecule has 1 aromatic carbocycles. The van der Waals surface area contributed by atoms with Gasteiger partial charge >= 0.3 is 12.6 Å². The van der Waals surface area contributed by atoms with E-state index in [0.29, 0.717) is 17.0 Å². The number of halogens is 2. The molecule has 0 aliphatic heterocycles. The molecule has 8 heteroatoms. The second-order valence-electron chi connectivity index (χ2n) is 5.49. The lowest BCUT2D eigenvalue weighted by atomic mass is 10.1. The van der Waals surface area contributed by atoms with Crippen LogP contribution in [0.5, 0.6) is 5.75 Å². The summed E-state index contributed by atoms with van der Waals surface area (Å²) in [5.41, 5.74) is 1.60. The zero-order chi connectivity index (χ0) is 17.7. The molecule has 2 rings (SSSR count). The number of carbonyl (C=O) groups is 1. The number of carbonyl (C=O) groups excluding carboxylic acids is 1. The summed E-state index contributed by atoms with van der Waals surface area (Å²) in [6.07, 6.45) is 0. The van der Waals surface area contributed by atoms with Crippen molar-refractivity contribution in [1.82, 2.24) is 10.5 Å². The first-order valence-electron chi connectivity index (χ1n) is 7.41. The molecule has 0 fully saturated rings. The fraction of sp³-hybridized carbons (Fsp3) is 0.375. The molecule has 0 spiro atoms. The van der Waals surface area contributed by atoms with E-state index in [-0.39, 0.29) is 18.2 Å². The van der Waals surface area contributed by atoms with Gasteiger partial charge in [0.1, 0.15) is 5.75 Å². The SMILES string of the molecule is Cc1c(NC(=O)NCc2cc(C(C)C)no2)cccc1OC(F)F. The molecular formula is C16H19F2N3O3. The lowest BCUT2D eigenvalue weighted by molar-refractivity contribution is -0.0502. The van der Waals surface area contributed by atoms with Crippen molar-refractivity contribution in [2.75, 3.05) is 5.32 Å². The van der Waals surface area contributed by atoms with Crippen LogP contribution in [0.4, 0.5) is 19.3 Å². The van der Waals surface area contributed by atoms with Crippen LogP contribution >= 0.6 is 0 Å². The van der Waals surface area contributed by atoms with Gasteiger partial charge in [-0.1, -0.05) is 25.1 Å². The van der Waals surface area contributed by atoms with Crippen LogP contribution < -0.4 is 15.4 Å². The lowest BCUT2D eigenvalue weighted by Crippen LogP contribution is -2.28. The van der Waals surface area contributed by atoms with Crippen LogP contribution in [0.3, 0.4) is 0 Å². The molecule has 6 nitrogen and oxygen atoms in total. The normalized spacial score (nSPS) is 11.0. The Bertz CT molecular complexity index is 702. The molecule has 0 saturated heterocycles. The first-order chi connectivity index (χ1) is 11.4. The molecule has 2 amide bonds. The Morgan fingerprint density at radius 2 is 2.12 bits per heavy atom. The second-order valence-corrected chi connectivity index (χ2v) is 5.49. The number of hydrogen-bond donors (Lipinski definition) is 2. The zero-order valence-corrected chi connectivity index (χ0v) is 13.6. The van der Waals surface area contributed by atoms with Gasteiger partial charge in [-0.15, -0.1) is 0 Å². The third-order valence-electron chi connectivity index (χ3n) is 3.34. The number of hydrogen-bond acceptors (Lipinski definition) is 4. The van der Waals surface area contributed by atoms with E-state index in [0.717, 1.165) is 5.69 Å². The van der Waals surface area contributed by atoms with Crippen LogP contribution in [-0.4, -0.2) is 17.8 Å². The number of alkyl halides is 2. The highest BCUT2D eigenvalue weighted by atomic mass is 19.3. The van der Waals surface area contributed by atoms with Gasteiger partial charge in [0.2, 0.25) is 0 Å². The van der Waals surface area contributed by atoms with Gasteiger partial charge in [-0.2, -0.15) is 8.78 Å². The van der Waals surface area contributed by atoms with Crippen molar-refractivity contribution in [3.05, 3.63) is 41.3 Å². The summed E-state index contributed by atoms with van der Waals surface area (Å²) in [5.74, 6) is 0.775.